The molecule has 0 bridgehead atoms. The van der Waals surface area contributed by atoms with Gasteiger partial charge in [-0.15, -0.1) is 0 Å². The Kier molecular flexibility index (Phi) is 13.6. The van der Waals surface area contributed by atoms with E-state index in [-0.39, 0.29) is 23.8 Å². The average Bonchev–Trinajstić information content (AvgIpc) is 2.61. The summed E-state index contributed by atoms with van der Waals surface area (Å²) < 4.78 is 10.8. The zero-order valence-corrected chi connectivity index (χ0v) is 20.9. The van der Waals surface area contributed by atoms with Crippen molar-refractivity contribution < 1.29 is 19.1 Å². The van der Waals surface area contributed by atoms with E-state index in [1.807, 2.05) is 78.9 Å². The standard InChI is InChI=1S/C22H42O4S2/c1-17(2)21(5,6)19(23)25-11-9-13-27-15-16-28-14-10-12-26-20(24)22(7,8)18(3)4/h17-18H,9-16H2,1-8H3. The highest BCUT2D eigenvalue weighted by Gasteiger charge is 2.33. The second-order valence-corrected chi connectivity index (χ2v) is 11.4. The van der Waals surface area contributed by atoms with Crippen molar-refractivity contribution in [2.75, 3.05) is 36.2 Å². The predicted molar refractivity (Wildman–Crippen MR) is 123 cm³/mol. The zero-order valence-electron chi connectivity index (χ0n) is 19.3. The third-order valence-electron chi connectivity index (χ3n) is 5.64. The molecule has 0 aromatic carbocycles. The molecule has 0 rings (SSSR count). The van der Waals surface area contributed by atoms with E-state index in [0.717, 1.165) is 35.9 Å². The van der Waals surface area contributed by atoms with Gasteiger partial charge in [0.25, 0.3) is 0 Å². The van der Waals surface area contributed by atoms with Crippen LogP contribution in [0.1, 0.15) is 68.2 Å². The molecule has 0 radical (unpaired) electrons. The summed E-state index contributed by atoms with van der Waals surface area (Å²) in [5, 5.41) is 0. The lowest BCUT2D eigenvalue weighted by Crippen LogP contribution is -2.32. The third-order valence-corrected chi connectivity index (χ3v) is 8.04. The van der Waals surface area contributed by atoms with Gasteiger partial charge in [-0.3, -0.25) is 9.59 Å². The highest BCUT2D eigenvalue weighted by Crippen LogP contribution is 2.28. The Morgan fingerprint density at radius 3 is 1.29 bits per heavy atom. The van der Waals surface area contributed by atoms with Crippen LogP contribution in [0.15, 0.2) is 0 Å². The van der Waals surface area contributed by atoms with Crippen LogP contribution in [-0.4, -0.2) is 48.2 Å². The summed E-state index contributed by atoms with van der Waals surface area (Å²) in [4.78, 5) is 24.1. The first-order valence-electron chi connectivity index (χ1n) is 10.4. The number of hydrogen-bond acceptors (Lipinski definition) is 6. The zero-order chi connectivity index (χ0) is 21.8. The summed E-state index contributed by atoms with van der Waals surface area (Å²) in [5.74, 6) is 4.57. The molecule has 0 aliphatic rings. The molecular formula is C22H42O4S2. The summed E-state index contributed by atoms with van der Waals surface area (Å²) in [5.41, 5.74) is -0.828. The number of ether oxygens (including phenoxy) is 2. The van der Waals surface area contributed by atoms with E-state index in [0.29, 0.717) is 13.2 Å². The topological polar surface area (TPSA) is 52.6 Å². The van der Waals surface area contributed by atoms with Gasteiger partial charge in [-0.25, -0.2) is 0 Å². The van der Waals surface area contributed by atoms with Gasteiger partial charge in [0, 0.05) is 11.5 Å². The van der Waals surface area contributed by atoms with E-state index in [2.05, 4.69) is 0 Å². The fourth-order valence-corrected chi connectivity index (χ4v) is 3.81. The molecule has 4 nitrogen and oxygen atoms in total. The lowest BCUT2D eigenvalue weighted by Gasteiger charge is -2.26. The molecule has 6 heteroatoms. The van der Waals surface area contributed by atoms with Gasteiger partial charge in [0.15, 0.2) is 0 Å². The molecule has 0 fully saturated rings. The Bertz CT molecular complexity index is 417. The summed E-state index contributed by atoms with van der Waals surface area (Å²) in [6.07, 6.45) is 1.80. The molecule has 0 N–H and O–H groups in total. The summed E-state index contributed by atoms with van der Waals surface area (Å²) in [6.45, 7) is 17.0. The van der Waals surface area contributed by atoms with Gasteiger partial charge in [0.05, 0.1) is 24.0 Å². The van der Waals surface area contributed by atoms with Gasteiger partial charge in [-0.2, -0.15) is 23.5 Å². The number of esters is 2. The summed E-state index contributed by atoms with van der Waals surface area (Å²) in [6, 6.07) is 0. The van der Waals surface area contributed by atoms with E-state index < -0.39 is 10.8 Å². The fraction of sp³-hybridized carbons (Fsp3) is 0.909. The quantitative estimate of drug-likeness (QED) is 0.244. The van der Waals surface area contributed by atoms with Crippen LogP contribution in [0.25, 0.3) is 0 Å². The maximum absolute atomic E-state index is 12.0. The monoisotopic (exact) mass is 434 g/mol. The van der Waals surface area contributed by atoms with Crippen LogP contribution in [0.4, 0.5) is 0 Å². The summed E-state index contributed by atoms with van der Waals surface area (Å²) in [7, 11) is 0. The number of rotatable bonds is 15. The van der Waals surface area contributed by atoms with Crippen LogP contribution in [0, 0.1) is 22.7 Å². The van der Waals surface area contributed by atoms with E-state index in [1.165, 1.54) is 0 Å². The van der Waals surface area contributed by atoms with Crippen molar-refractivity contribution in [3.8, 4) is 0 Å². The molecular weight excluding hydrogens is 392 g/mol. The molecule has 0 spiro atoms. The number of hydrogen-bond donors (Lipinski definition) is 0. The highest BCUT2D eigenvalue weighted by molar-refractivity contribution is 8.02. The Balaban J connectivity index is 3.55. The van der Waals surface area contributed by atoms with Crippen molar-refractivity contribution in [1.82, 2.24) is 0 Å². The molecule has 0 aliphatic heterocycles. The Morgan fingerprint density at radius 2 is 1.00 bits per heavy atom. The minimum Gasteiger partial charge on any atom is -0.465 e. The molecule has 0 atom stereocenters. The molecule has 0 aliphatic carbocycles. The van der Waals surface area contributed by atoms with Crippen molar-refractivity contribution in [1.29, 1.82) is 0 Å². The molecule has 0 saturated carbocycles. The van der Waals surface area contributed by atoms with Gasteiger partial charge < -0.3 is 9.47 Å². The molecule has 0 unspecified atom stereocenters. The van der Waals surface area contributed by atoms with Crippen LogP contribution in [0.5, 0.6) is 0 Å². The van der Waals surface area contributed by atoms with Gasteiger partial charge >= 0.3 is 11.9 Å². The van der Waals surface area contributed by atoms with E-state index in [1.54, 1.807) is 0 Å². The second kappa shape index (κ2) is 13.8. The van der Waals surface area contributed by atoms with Gasteiger partial charge in [-0.1, -0.05) is 27.7 Å². The predicted octanol–water partition coefficient (Wildman–Crippen LogP) is 5.68. The molecule has 0 amide bonds. The first-order valence-corrected chi connectivity index (χ1v) is 12.7. The van der Waals surface area contributed by atoms with Crippen LogP contribution >= 0.6 is 23.5 Å². The molecule has 28 heavy (non-hydrogen) atoms. The van der Waals surface area contributed by atoms with Gasteiger partial charge in [0.1, 0.15) is 0 Å². The van der Waals surface area contributed by atoms with E-state index in [9.17, 15) is 9.59 Å². The van der Waals surface area contributed by atoms with Crippen LogP contribution in [0.3, 0.4) is 0 Å². The third kappa shape index (κ3) is 10.4. The Labute approximate surface area is 181 Å². The Hall–Kier alpha value is -0.360. The molecule has 0 aromatic rings. The highest BCUT2D eigenvalue weighted by atomic mass is 32.2. The average molecular weight is 435 g/mol. The van der Waals surface area contributed by atoms with Crippen LogP contribution in [-0.2, 0) is 19.1 Å². The lowest BCUT2D eigenvalue weighted by molar-refractivity contribution is -0.157. The normalized spacial score (nSPS) is 12.5. The van der Waals surface area contributed by atoms with Crippen LogP contribution < -0.4 is 0 Å². The van der Waals surface area contributed by atoms with Crippen molar-refractivity contribution >= 4 is 35.5 Å². The van der Waals surface area contributed by atoms with Crippen molar-refractivity contribution in [3.63, 3.8) is 0 Å². The van der Waals surface area contributed by atoms with Crippen molar-refractivity contribution in [3.05, 3.63) is 0 Å². The van der Waals surface area contributed by atoms with Crippen molar-refractivity contribution in [2.24, 2.45) is 22.7 Å². The number of carbonyl (C=O) groups is 2. The molecule has 0 aromatic heterocycles. The van der Waals surface area contributed by atoms with E-state index in [4.69, 9.17) is 9.47 Å². The fourth-order valence-electron chi connectivity index (χ4n) is 1.82. The first-order chi connectivity index (χ1) is 12.9. The van der Waals surface area contributed by atoms with Crippen molar-refractivity contribution in [2.45, 2.75) is 68.2 Å². The minimum absolute atomic E-state index is 0.0967. The van der Waals surface area contributed by atoms with E-state index >= 15 is 0 Å². The van der Waals surface area contributed by atoms with Gasteiger partial charge in [-0.05, 0) is 63.9 Å². The molecule has 0 saturated heterocycles. The lowest BCUT2D eigenvalue weighted by atomic mass is 9.81. The SMILES string of the molecule is CC(C)C(C)(C)C(=O)OCCCSCCSCCCOC(=O)C(C)(C)C(C)C. The maximum atomic E-state index is 12.0. The minimum atomic E-state index is -0.414. The largest absolute Gasteiger partial charge is 0.465 e. The smallest absolute Gasteiger partial charge is 0.311 e. The molecule has 0 heterocycles. The number of carbonyl (C=O) groups excluding carboxylic acids is 2. The van der Waals surface area contributed by atoms with Crippen LogP contribution in [0.2, 0.25) is 0 Å². The number of thioether (sulfide) groups is 2. The van der Waals surface area contributed by atoms with Gasteiger partial charge in [0.2, 0.25) is 0 Å². The molecule has 166 valence electrons. The Morgan fingerprint density at radius 1 is 0.679 bits per heavy atom. The maximum Gasteiger partial charge on any atom is 0.311 e. The first kappa shape index (κ1) is 27.6. The second-order valence-electron chi connectivity index (χ2n) is 8.96. The summed E-state index contributed by atoms with van der Waals surface area (Å²) >= 11 is 3.79.